The first-order valence-electron chi connectivity index (χ1n) is 3.30. The van der Waals surface area contributed by atoms with Crippen molar-refractivity contribution in [1.82, 2.24) is 4.98 Å². The van der Waals surface area contributed by atoms with E-state index in [0.29, 0.717) is 9.26 Å². The molecule has 6 heteroatoms. The fourth-order valence-electron chi connectivity index (χ4n) is 0.781. The quantitative estimate of drug-likeness (QED) is 0.647. The predicted molar refractivity (Wildman–Crippen MR) is 55.5 cm³/mol. The van der Waals surface area contributed by atoms with Gasteiger partial charge in [0.25, 0.3) is 6.43 Å². The highest BCUT2D eigenvalue weighted by atomic mass is 127. The van der Waals surface area contributed by atoms with Crippen molar-refractivity contribution in [2.24, 2.45) is 0 Å². The summed E-state index contributed by atoms with van der Waals surface area (Å²) in [5.74, 6) is 0. The molecular formula is C7H5BrF2INO. The van der Waals surface area contributed by atoms with Crippen molar-refractivity contribution in [3.63, 3.8) is 0 Å². The summed E-state index contributed by atoms with van der Waals surface area (Å²) < 4.78 is 25.2. The maximum Gasteiger partial charge on any atom is 0.281 e. The topological polar surface area (TPSA) is 33.1 Å². The average molecular weight is 364 g/mol. The highest BCUT2D eigenvalue weighted by molar-refractivity contribution is 14.1. The number of pyridine rings is 1. The monoisotopic (exact) mass is 363 g/mol. The average Bonchev–Trinajstić information content (AvgIpc) is 2.07. The third-order valence-corrected chi connectivity index (χ3v) is 2.98. The molecule has 0 saturated heterocycles. The first-order chi connectivity index (χ1) is 6.06. The second kappa shape index (κ2) is 4.61. The fourth-order valence-corrected chi connectivity index (χ4v) is 1.91. The third kappa shape index (κ3) is 2.57. The first kappa shape index (κ1) is 11.3. The Hall–Kier alpha value is 0.180. The molecule has 0 unspecified atom stereocenters. The van der Waals surface area contributed by atoms with Gasteiger partial charge in [-0.05, 0) is 44.6 Å². The lowest BCUT2D eigenvalue weighted by molar-refractivity contribution is 0.144. The molecule has 1 heterocycles. The molecule has 0 saturated carbocycles. The lowest BCUT2D eigenvalue weighted by atomic mass is 10.2. The molecule has 0 aromatic carbocycles. The number of alkyl halides is 2. The number of nitrogens with zero attached hydrogens (tertiary/aromatic N) is 1. The van der Waals surface area contributed by atoms with Crippen molar-refractivity contribution in [1.29, 1.82) is 0 Å². The first-order valence-corrected chi connectivity index (χ1v) is 5.17. The van der Waals surface area contributed by atoms with Gasteiger partial charge in [0.1, 0.15) is 9.39 Å². The summed E-state index contributed by atoms with van der Waals surface area (Å²) in [4.78, 5) is 3.67. The molecule has 0 spiro atoms. The molecule has 0 aliphatic heterocycles. The van der Waals surface area contributed by atoms with Crippen molar-refractivity contribution < 1.29 is 13.9 Å². The van der Waals surface area contributed by atoms with Gasteiger partial charge in [-0.25, -0.2) is 13.8 Å². The zero-order valence-corrected chi connectivity index (χ0v) is 10.0. The smallest absolute Gasteiger partial charge is 0.281 e. The molecule has 0 radical (unpaired) electrons. The second-order valence-electron chi connectivity index (χ2n) is 2.26. The molecule has 1 aromatic heterocycles. The van der Waals surface area contributed by atoms with Crippen LogP contribution in [-0.4, -0.2) is 10.1 Å². The van der Waals surface area contributed by atoms with E-state index in [1.807, 2.05) is 22.6 Å². The van der Waals surface area contributed by atoms with Crippen LogP contribution in [0.1, 0.15) is 17.7 Å². The summed E-state index contributed by atoms with van der Waals surface area (Å²) in [6, 6.07) is 1.45. The normalized spacial score (nSPS) is 10.9. The number of aliphatic hydroxyl groups excluding tert-OH is 1. The van der Waals surface area contributed by atoms with Crippen LogP contribution >= 0.6 is 38.5 Å². The summed E-state index contributed by atoms with van der Waals surface area (Å²) in [7, 11) is 0. The van der Waals surface area contributed by atoms with Crippen LogP contribution in [0.3, 0.4) is 0 Å². The van der Waals surface area contributed by atoms with E-state index in [4.69, 9.17) is 5.11 Å². The number of halogens is 4. The molecule has 1 rings (SSSR count). The lowest BCUT2D eigenvalue weighted by Crippen LogP contribution is -1.99. The Kier molecular flexibility index (Phi) is 3.99. The van der Waals surface area contributed by atoms with Gasteiger partial charge in [0.15, 0.2) is 0 Å². The van der Waals surface area contributed by atoms with Crippen LogP contribution in [0.15, 0.2) is 10.5 Å². The number of hydrogen-bond acceptors (Lipinski definition) is 2. The van der Waals surface area contributed by atoms with Crippen LogP contribution < -0.4 is 0 Å². The summed E-state index contributed by atoms with van der Waals surface area (Å²) in [6.07, 6.45) is -2.60. The Morgan fingerprint density at radius 3 is 2.69 bits per heavy atom. The van der Waals surface area contributed by atoms with Crippen LogP contribution in [0.25, 0.3) is 0 Å². The minimum atomic E-state index is -2.60. The predicted octanol–water partition coefficient (Wildman–Crippen LogP) is 2.88. The molecule has 0 amide bonds. The minimum Gasteiger partial charge on any atom is -0.392 e. The number of rotatable bonds is 2. The summed E-state index contributed by atoms with van der Waals surface area (Å²) in [5, 5.41) is 8.82. The molecule has 1 aromatic rings. The molecular weight excluding hydrogens is 359 g/mol. The lowest BCUT2D eigenvalue weighted by Gasteiger charge is -2.06. The van der Waals surface area contributed by atoms with Crippen molar-refractivity contribution in [3.8, 4) is 0 Å². The molecule has 13 heavy (non-hydrogen) atoms. The van der Waals surface area contributed by atoms with E-state index < -0.39 is 6.43 Å². The fraction of sp³-hybridized carbons (Fsp3) is 0.286. The Balaban J connectivity index is 3.20. The van der Waals surface area contributed by atoms with Crippen LogP contribution in [0.4, 0.5) is 8.78 Å². The molecule has 0 aliphatic rings. The second-order valence-corrected chi connectivity index (χ2v) is 4.14. The van der Waals surface area contributed by atoms with E-state index in [9.17, 15) is 8.78 Å². The molecule has 0 atom stereocenters. The third-order valence-electron chi connectivity index (χ3n) is 1.41. The molecule has 1 N–H and O–H groups in total. The van der Waals surface area contributed by atoms with Crippen molar-refractivity contribution in [2.75, 3.05) is 0 Å². The van der Waals surface area contributed by atoms with E-state index in [1.165, 1.54) is 6.07 Å². The zero-order valence-electron chi connectivity index (χ0n) is 6.27. The SMILES string of the molecule is OCc1cc(Br)c(C(F)F)nc1I. The number of aromatic nitrogens is 1. The highest BCUT2D eigenvalue weighted by Crippen LogP contribution is 2.27. The maximum atomic E-state index is 12.3. The van der Waals surface area contributed by atoms with Gasteiger partial charge < -0.3 is 5.11 Å². The number of aliphatic hydroxyl groups is 1. The minimum absolute atomic E-state index is 0.201. The summed E-state index contributed by atoms with van der Waals surface area (Å²) >= 11 is 4.78. The van der Waals surface area contributed by atoms with E-state index in [-0.39, 0.29) is 16.8 Å². The van der Waals surface area contributed by atoms with E-state index in [2.05, 4.69) is 20.9 Å². The Labute approximate surface area is 95.6 Å². The van der Waals surface area contributed by atoms with Gasteiger partial charge in [-0.1, -0.05) is 0 Å². The van der Waals surface area contributed by atoms with Gasteiger partial charge in [-0.3, -0.25) is 0 Å². The van der Waals surface area contributed by atoms with Gasteiger partial charge >= 0.3 is 0 Å². The Morgan fingerprint density at radius 2 is 2.23 bits per heavy atom. The molecule has 0 bridgehead atoms. The van der Waals surface area contributed by atoms with Crippen LogP contribution in [0.5, 0.6) is 0 Å². The van der Waals surface area contributed by atoms with Gasteiger partial charge in [0.05, 0.1) is 6.61 Å². The van der Waals surface area contributed by atoms with Gasteiger partial charge in [-0.2, -0.15) is 0 Å². The van der Waals surface area contributed by atoms with Gasteiger partial charge in [0.2, 0.25) is 0 Å². The van der Waals surface area contributed by atoms with Gasteiger partial charge in [0, 0.05) is 10.0 Å². The van der Waals surface area contributed by atoms with E-state index in [0.717, 1.165) is 0 Å². The highest BCUT2D eigenvalue weighted by Gasteiger charge is 2.15. The van der Waals surface area contributed by atoms with E-state index in [1.54, 1.807) is 0 Å². The molecule has 0 aliphatic carbocycles. The summed E-state index contributed by atoms with van der Waals surface area (Å²) in [5.41, 5.74) is 0.249. The standard InChI is InChI=1S/C7H5BrF2INO/c8-4-1-3(2-13)7(11)12-5(4)6(9)10/h1,6,13H,2H2. The zero-order chi connectivity index (χ0) is 10.0. The van der Waals surface area contributed by atoms with Gasteiger partial charge in [-0.15, -0.1) is 0 Å². The largest absolute Gasteiger partial charge is 0.392 e. The van der Waals surface area contributed by atoms with Crippen molar-refractivity contribution in [2.45, 2.75) is 13.0 Å². The van der Waals surface area contributed by atoms with Crippen molar-refractivity contribution >= 4 is 38.5 Å². The van der Waals surface area contributed by atoms with Crippen LogP contribution in [0, 0.1) is 3.70 Å². The number of hydrogen-bond donors (Lipinski definition) is 1. The molecule has 2 nitrogen and oxygen atoms in total. The Bertz CT molecular complexity index is 322. The van der Waals surface area contributed by atoms with Crippen LogP contribution in [-0.2, 0) is 6.61 Å². The molecule has 0 fully saturated rings. The maximum absolute atomic E-state index is 12.3. The summed E-state index contributed by atoms with van der Waals surface area (Å²) in [6.45, 7) is -0.201. The Morgan fingerprint density at radius 1 is 1.62 bits per heavy atom. The van der Waals surface area contributed by atoms with E-state index >= 15 is 0 Å². The molecule has 72 valence electrons. The van der Waals surface area contributed by atoms with Crippen molar-refractivity contribution in [3.05, 3.63) is 25.5 Å². The van der Waals surface area contributed by atoms with Crippen LogP contribution in [0.2, 0.25) is 0 Å².